The quantitative estimate of drug-likeness (QED) is 0.396. The standard InChI is InChI=1S/C18H16N2O7/c21-19(22)13-7-3-1-5-11(13)17(15-9-25-15)27-18(16-10-26-16)12-6-2-4-8-14(12)20(23)24/h1-8,15-18H,9-10H2/t15?,16?,17-,18-/m0/s1. The lowest BCUT2D eigenvalue weighted by Gasteiger charge is -2.23. The maximum atomic E-state index is 11.4. The lowest BCUT2D eigenvalue weighted by Crippen LogP contribution is -2.20. The van der Waals surface area contributed by atoms with Gasteiger partial charge in [0.2, 0.25) is 0 Å². The van der Waals surface area contributed by atoms with E-state index in [1.165, 1.54) is 12.1 Å². The van der Waals surface area contributed by atoms with E-state index in [4.69, 9.17) is 14.2 Å². The highest BCUT2D eigenvalue weighted by Gasteiger charge is 2.45. The van der Waals surface area contributed by atoms with Crippen molar-refractivity contribution in [1.82, 2.24) is 0 Å². The summed E-state index contributed by atoms with van der Waals surface area (Å²) in [5, 5.41) is 22.8. The first-order valence-corrected chi connectivity index (χ1v) is 8.41. The predicted molar refractivity (Wildman–Crippen MR) is 92.2 cm³/mol. The van der Waals surface area contributed by atoms with Gasteiger partial charge in [-0.25, -0.2) is 0 Å². The van der Waals surface area contributed by atoms with Crippen molar-refractivity contribution in [2.24, 2.45) is 0 Å². The molecule has 2 aromatic rings. The monoisotopic (exact) mass is 372 g/mol. The van der Waals surface area contributed by atoms with Gasteiger partial charge in [-0.15, -0.1) is 0 Å². The summed E-state index contributed by atoms with van der Waals surface area (Å²) in [6.07, 6.45) is -2.12. The second-order valence-corrected chi connectivity index (χ2v) is 6.35. The molecule has 0 radical (unpaired) electrons. The molecule has 0 amide bonds. The Bertz CT molecular complexity index is 808. The van der Waals surface area contributed by atoms with Crippen LogP contribution in [0.2, 0.25) is 0 Å². The Hall–Kier alpha value is -2.88. The molecule has 2 fully saturated rings. The fraction of sp³-hybridized carbons (Fsp3) is 0.333. The minimum atomic E-state index is -0.722. The van der Waals surface area contributed by atoms with Crippen LogP contribution < -0.4 is 0 Å². The molecule has 2 aliphatic heterocycles. The summed E-state index contributed by atoms with van der Waals surface area (Å²) in [6, 6.07) is 12.6. The number of epoxide rings is 2. The number of benzene rings is 2. The fourth-order valence-electron chi connectivity index (χ4n) is 3.13. The van der Waals surface area contributed by atoms with Crippen LogP contribution in [0.1, 0.15) is 23.3 Å². The average molecular weight is 372 g/mol. The maximum Gasteiger partial charge on any atom is 0.275 e. The van der Waals surface area contributed by atoms with Gasteiger partial charge in [0, 0.05) is 12.1 Å². The molecule has 0 aliphatic carbocycles. The van der Waals surface area contributed by atoms with Gasteiger partial charge in [0.05, 0.1) is 34.2 Å². The van der Waals surface area contributed by atoms with Crippen molar-refractivity contribution in [2.75, 3.05) is 13.2 Å². The minimum Gasteiger partial charge on any atom is -0.370 e. The summed E-state index contributed by atoms with van der Waals surface area (Å²) in [6.45, 7) is 0.817. The zero-order valence-electron chi connectivity index (χ0n) is 14.1. The Labute approximate surface area is 153 Å². The molecular weight excluding hydrogens is 356 g/mol. The first-order valence-electron chi connectivity index (χ1n) is 8.41. The van der Waals surface area contributed by atoms with Gasteiger partial charge in [-0.1, -0.05) is 24.3 Å². The first kappa shape index (κ1) is 17.5. The molecular formula is C18H16N2O7. The number of nitro benzene ring substituents is 2. The van der Waals surface area contributed by atoms with Crippen LogP contribution in [0.25, 0.3) is 0 Å². The largest absolute Gasteiger partial charge is 0.370 e. The third-order valence-electron chi connectivity index (χ3n) is 4.57. The van der Waals surface area contributed by atoms with Crippen molar-refractivity contribution in [3.8, 4) is 0 Å². The Morgan fingerprint density at radius 1 is 0.815 bits per heavy atom. The van der Waals surface area contributed by atoms with Gasteiger partial charge in [0.15, 0.2) is 0 Å². The van der Waals surface area contributed by atoms with Gasteiger partial charge in [-0.3, -0.25) is 20.2 Å². The first-order chi connectivity index (χ1) is 13.1. The molecule has 2 heterocycles. The van der Waals surface area contributed by atoms with Gasteiger partial charge in [-0.2, -0.15) is 0 Å². The van der Waals surface area contributed by atoms with Crippen molar-refractivity contribution < 1.29 is 24.1 Å². The zero-order chi connectivity index (χ0) is 19.0. The molecule has 2 unspecified atom stereocenters. The number of nitrogens with zero attached hydrogens (tertiary/aromatic N) is 2. The molecule has 9 nitrogen and oxygen atoms in total. The molecule has 0 saturated carbocycles. The lowest BCUT2D eigenvalue weighted by molar-refractivity contribution is -0.387. The van der Waals surface area contributed by atoms with Crippen molar-refractivity contribution in [1.29, 1.82) is 0 Å². The number of para-hydroxylation sites is 2. The summed E-state index contributed by atoms with van der Waals surface area (Å²) < 4.78 is 16.9. The smallest absolute Gasteiger partial charge is 0.275 e. The van der Waals surface area contributed by atoms with E-state index in [1.54, 1.807) is 36.4 Å². The van der Waals surface area contributed by atoms with Crippen molar-refractivity contribution in [3.05, 3.63) is 79.9 Å². The van der Waals surface area contributed by atoms with Gasteiger partial charge in [0.25, 0.3) is 11.4 Å². The summed E-state index contributed by atoms with van der Waals surface area (Å²) in [7, 11) is 0. The molecule has 27 heavy (non-hydrogen) atoms. The average Bonchev–Trinajstić information content (AvgIpc) is 3.55. The van der Waals surface area contributed by atoms with E-state index in [0.717, 1.165) is 0 Å². The van der Waals surface area contributed by atoms with Crippen LogP contribution in [0, 0.1) is 20.2 Å². The summed E-state index contributed by atoms with van der Waals surface area (Å²) in [5.41, 5.74) is 0.621. The number of hydrogen-bond donors (Lipinski definition) is 0. The third kappa shape index (κ3) is 3.65. The van der Waals surface area contributed by atoms with E-state index >= 15 is 0 Å². The number of hydrogen-bond acceptors (Lipinski definition) is 7. The molecule has 140 valence electrons. The van der Waals surface area contributed by atoms with Crippen molar-refractivity contribution in [3.63, 3.8) is 0 Å². The van der Waals surface area contributed by atoms with E-state index in [1.807, 2.05) is 0 Å². The highest BCUT2D eigenvalue weighted by molar-refractivity contribution is 5.44. The topological polar surface area (TPSA) is 121 Å². The van der Waals surface area contributed by atoms with Gasteiger partial charge < -0.3 is 14.2 Å². The van der Waals surface area contributed by atoms with Crippen LogP contribution in [-0.4, -0.2) is 35.3 Å². The Balaban J connectivity index is 1.71. The Morgan fingerprint density at radius 2 is 1.19 bits per heavy atom. The van der Waals surface area contributed by atoms with Gasteiger partial charge in [-0.05, 0) is 12.1 Å². The molecule has 0 aromatic heterocycles. The molecule has 2 aromatic carbocycles. The highest BCUT2D eigenvalue weighted by Crippen LogP contribution is 2.44. The molecule has 4 atom stereocenters. The summed E-state index contributed by atoms with van der Waals surface area (Å²) in [5.74, 6) is 0. The van der Waals surface area contributed by atoms with E-state index < -0.39 is 22.1 Å². The Kier molecular flexibility index (Phi) is 4.56. The fourth-order valence-corrected chi connectivity index (χ4v) is 3.13. The minimum absolute atomic E-state index is 0.0731. The van der Waals surface area contributed by atoms with Crippen LogP contribution in [0.15, 0.2) is 48.5 Å². The predicted octanol–water partition coefficient (Wildman–Crippen LogP) is 3.10. The molecule has 0 N–H and O–H groups in total. The van der Waals surface area contributed by atoms with Crippen LogP contribution in [0.3, 0.4) is 0 Å². The molecule has 2 saturated heterocycles. The molecule has 0 bridgehead atoms. The summed E-state index contributed by atoms with van der Waals surface area (Å²) in [4.78, 5) is 21.9. The number of ether oxygens (including phenoxy) is 3. The summed E-state index contributed by atoms with van der Waals surface area (Å²) >= 11 is 0. The molecule has 4 rings (SSSR count). The molecule has 0 spiro atoms. The lowest BCUT2D eigenvalue weighted by atomic mass is 10.0. The maximum absolute atomic E-state index is 11.4. The molecule has 9 heteroatoms. The second-order valence-electron chi connectivity index (χ2n) is 6.35. The van der Waals surface area contributed by atoms with Crippen LogP contribution >= 0.6 is 0 Å². The van der Waals surface area contributed by atoms with E-state index in [-0.39, 0.29) is 23.6 Å². The second kappa shape index (κ2) is 7.03. The van der Waals surface area contributed by atoms with E-state index in [0.29, 0.717) is 24.3 Å². The normalized spacial score (nSPS) is 22.7. The van der Waals surface area contributed by atoms with Crippen LogP contribution in [0.4, 0.5) is 11.4 Å². The van der Waals surface area contributed by atoms with Gasteiger partial charge >= 0.3 is 0 Å². The van der Waals surface area contributed by atoms with Crippen molar-refractivity contribution >= 4 is 11.4 Å². The van der Waals surface area contributed by atoms with Crippen LogP contribution in [-0.2, 0) is 14.2 Å². The number of rotatable bonds is 8. The zero-order valence-corrected chi connectivity index (χ0v) is 14.1. The molecule has 2 aliphatic rings. The van der Waals surface area contributed by atoms with Crippen LogP contribution in [0.5, 0.6) is 0 Å². The van der Waals surface area contributed by atoms with Gasteiger partial charge in [0.1, 0.15) is 24.4 Å². The van der Waals surface area contributed by atoms with E-state index in [9.17, 15) is 20.2 Å². The number of nitro groups is 2. The third-order valence-corrected chi connectivity index (χ3v) is 4.57. The highest BCUT2D eigenvalue weighted by atomic mass is 16.6. The van der Waals surface area contributed by atoms with Crippen molar-refractivity contribution in [2.45, 2.75) is 24.4 Å². The SMILES string of the molecule is O=[N+]([O-])c1ccccc1[C@H](O[C@@H](c1ccccc1[N+](=O)[O-])C1CO1)C1CO1. The van der Waals surface area contributed by atoms with E-state index in [2.05, 4.69) is 0 Å². The Morgan fingerprint density at radius 3 is 1.52 bits per heavy atom.